The second-order valence-corrected chi connectivity index (χ2v) is 1.86. The molecule has 0 atom stereocenters. The van der Waals surface area contributed by atoms with Gasteiger partial charge in [0.1, 0.15) is 0 Å². The molecule has 9 heavy (non-hydrogen) atoms. The van der Waals surface area contributed by atoms with Gasteiger partial charge in [0.2, 0.25) is 6.41 Å². The summed E-state index contributed by atoms with van der Waals surface area (Å²) in [5, 5.41) is 5.47. The first-order valence-corrected chi connectivity index (χ1v) is 3.23. The van der Waals surface area contributed by atoms with Gasteiger partial charge in [0.05, 0.1) is 0 Å². The number of carbonyl (C=O) groups excluding carboxylic acids is 1. The standard InChI is InChI=1S/C4H9N.C2H5NO/c1-2-4-5-3-1;1-3-2-4/h5H,1-4H2;2H,1H3,(H,3,4). The van der Waals surface area contributed by atoms with Gasteiger partial charge in [-0.25, -0.2) is 0 Å². The third-order valence-electron chi connectivity index (χ3n) is 1.07. The highest BCUT2D eigenvalue weighted by Gasteiger charge is 1.93. The number of amides is 1. The fraction of sp³-hybridized carbons (Fsp3) is 0.833. The Morgan fingerprint density at radius 3 is 2.00 bits per heavy atom. The van der Waals surface area contributed by atoms with Gasteiger partial charge in [0.25, 0.3) is 0 Å². The molecule has 0 aliphatic carbocycles. The summed E-state index contributed by atoms with van der Waals surface area (Å²) in [5.41, 5.74) is 0. The number of rotatable bonds is 1. The maximum atomic E-state index is 9.06. The molecule has 1 saturated heterocycles. The van der Waals surface area contributed by atoms with E-state index in [1.165, 1.54) is 25.9 Å². The van der Waals surface area contributed by atoms with Gasteiger partial charge in [-0.2, -0.15) is 0 Å². The molecular formula is C6H14N2O. The van der Waals surface area contributed by atoms with E-state index >= 15 is 0 Å². The fourth-order valence-electron chi connectivity index (χ4n) is 0.625. The van der Waals surface area contributed by atoms with Crippen molar-refractivity contribution >= 4 is 6.41 Å². The van der Waals surface area contributed by atoms with Crippen LogP contribution in [0.5, 0.6) is 0 Å². The molecule has 1 rings (SSSR count). The second kappa shape index (κ2) is 7.43. The molecule has 0 bridgehead atoms. The zero-order valence-electron chi connectivity index (χ0n) is 5.81. The lowest BCUT2D eigenvalue weighted by Gasteiger charge is -1.76. The summed E-state index contributed by atoms with van der Waals surface area (Å²) < 4.78 is 0. The summed E-state index contributed by atoms with van der Waals surface area (Å²) in [6.45, 7) is 2.50. The van der Waals surface area contributed by atoms with E-state index in [1.807, 2.05) is 0 Å². The molecule has 1 fully saturated rings. The zero-order chi connectivity index (χ0) is 6.95. The Morgan fingerprint density at radius 1 is 1.44 bits per heavy atom. The van der Waals surface area contributed by atoms with Crippen molar-refractivity contribution in [1.82, 2.24) is 10.6 Å². The van der Waals surface area contributed by atoms with Crippen LogP contribution in [0.15, 0.2) is 0 Å². The lowest BCUT2D eigenvalue weighted by Crippen LogP contribution is -2.03. The van der Waals surface area contributed by atoms with Crippen molar-refractivity contribution in [3.05, 3.63) is 0 Å². The highest BCUT2D eigenvalue weighted by molar-refractivity contribution is 5.44. The smallest absolute Gasteiger partial charge is 0.206 e. The number of hydrogen-bond donors (Lipinski definition) is 2. The van der Waals surface area contributed by atoms with Gasteiger partial charge in [-0.15, -0.1) is 0 Å². The summed E-state index contributed by atoms with van der Waals surface area (Å²) in [7, 11) is 1.56. The van der Waals surface area contributed by atoms with Gasteiger partial charge >= 0.3 is 0 Å². The van der Waals surface area contributed by atoms with E-state index in [9.17, 15) is 0 Å². The molecule has 1 heterocycles. The van der Waals surface area contributed by atoms with Crippen LogP contribution in [0.3, 0.4) is 0 Å². The quantitative estimate of drug-likeness (QED) is 0.480. The van der Waals surface area contributed by atoms with Crippen LogP contribution in [-0.2, 0) is 4.79 Å². The Morgan fingerprint density at radius 2 is 1.89 bits per heavy atom. The maximum absolute atomic E-state index is 9.06. The molecule has 0 radical (unpaired) electrons. The molecule has 54 valence electrons. The Balaban J connectivity index is 0.000000148. The Labute approximate surface area is 55.8 Å². The Kier molecular flexibility index (Phi) is 6.96. The summed E-state index contributed by atoms with van der Waals surface area (Å²) in [4.78, 5) is 9.06. The molecule has 0 spiro atoms. The first kappa shape index (κ1) is 8.43. The molecule has 2 N–H and O–H groups in total. The van der Waals surface area contributed by atoms with Crippen molar-refractivity contribution in [3.8, 4) is 0 Å². The number of hydrogen-bond acceptors (Lipinski definition) is 2. The van der Waals surface area contributed by atoms with Crippen LogP contribution in [0, 0.1) is 0 Å². The molecule has 1 aliphatic heterocycles. The van der Waals surface area contributed by atoms with Gasteiger partial charge in [-0.1, -0.05) is 0 Å². The summed E-state index contributed by atoms with van der Waals surface area (Å²) >= 11 is 0. The van der Waals surface area contributed by atoms with Crippen molar-refractivity contribution in [2.24, 2.45) is 0 Å². The highest BCUT2D eigenvalue weighted by Crippen LogP contribution is 1.90. The molecule has 0 aromatic rings. The Hall–Kier alpha value is -0.570. The van der Waals surface area contributed by atoms with Crippen LogP contribution in [0.2, 0.25) is 0 Å². The number of carbonyl (C=O) groups is 1. The normalized spacial score (nSPS) is 15.7. The molecule has 0 saturated carbocycles. The predicted octanol–water partition coefficient (Wildman–Crippen LogP) is -0.268. The van der Waals surface area contributed by atoms with E-state index in [4.69, 9.17) is 4.79 Å². The van der Waals surface area contributed by atoms with Crippen LogP contribution >= 0.6 is 0 Å². The van der Waals surface area contributed by atoms with Crippen LogP contribution < -0.4 is 10.6 Å². The van der Waals surface area contributed by atoms with E-state index in [1.54, 1.807) is 7.05 Å². The highest BCUT2D eigenvalue weighted by atomic mass is 16.1. The van der Waals surface area contributed by atoms with Gasteiger partial charge in [-0.3, -0.25) is 4.79 Å². The van der Waals surface area contributed by atoms with Gasteiger partial charge in [-0.05, 0) is 25.9 Å². The predicted molar refractivity (Wildman–Crippen MR) is 37.2 cm³/mol. The van der Waals surface area contributed by atoms with Crippen LogP contribution in [-0.4, -0.2) is 26.5 Å². The van der Waals surface area contributed by atoms with E-state index in [0.29, 0.717) is 6.41 Å². The molecule has 3 nitrogen and oxygen atoms in total. The first-order valence-electron chi connectivity index (χ1n) is 3.23. The van der Waals surface area contributed by atoms with Crippen molar-refractivity contribution < 1.29 is 4.79 Å². The lowest BCUT2D eigenvalue weighted by molar-refractivity contribution is -0.109. The molecule has 1 amide bonds. The van der Waals surface area contributed by atoms with Gasteiger partial charge in [0, 0.05) is 7.05 Å². The summed E-state index contributed by atoms with van der Waals surface area (Å²) in [6, 6.07) is 0. The van der Waals surface area contributed by atoms with Crippen molar-refractivity contribution in [2.45, 2.75) is 12.8 Å². The molecule has 1 aliphatic rings. The minimum atomic E-state index is 0.625. The van der Waals surface area contributed by atoms with E-state index in [2.05, 4.69) is 10.6 Å². The SMILES string of the molecule is C1CCNC1.CNC=O. The monoisotopic (exact) mass is 130 g/mol. The fourth-order valence-corrected chi connectivity index (χ4v) is 0.625. The first-order chi connectivity index (χ1) is 4.41. The average molecular weight is 130 g/mol. The van der Waals surface area contributed by atoms with E-state index in [-0.39, 0.29) is 0 Å². The second-order valence-electron chi connectivity index (χ2n) is 1.86. The minimum Gasteiger partial charge on any atom is -0.362 e. The maximum Gasteiger partial charge on any atom is 0.206 e. The van der Waals surface area contributed by atoms with Crippen molar-refractivity contribution in [3.63, 3.8) is 0 Å². The Bertz CT molecular complexity index is 54.5. The zero-order valence-corrected chi connectivity index (χ0v) is 5.81. The van der Waals surface area contributed by atoms with E-state index in [0.717, 1.165) is 0 Å². The third-order valence-corrected chi connectivity index (χ3v) is 1.07. The minimum absolute atomic E-state index is 0.625. The molecule has 0 aromatic heterocycles. The van der Waals surface area contributed by atoms with Crippen LogP contribution in [0.4, 0.5) is 0 Å². The molecular weight excluding hydrogens is 116 g/mol. The van der Waals surface area contributed by atoms with E-state index < -0.39 is 0 Å². The van der Waals surface area contributed by atoms with Gasteiger partial charge < -0.3 is 10.6 Å². The topological polar surface area (TPSA) is 41.1 Å². The molecule has 3 heteroatoms. The molecule has 0 unspecified atom stereocenters. The van der Waals surface area contributed by atoms with Crippen molar-refractivity contribution in [2.75, 3.05) is 20.1 Å². The lowest BCUT2D eigenvalue weighted by atomic mass is 10.4. The number of nitrogens with one attached hydrogen (secondary N) is 2. The van der Waals surface area contributed by atoms with Crippen LogP contribution in [0.1, 0.15) is 12.8 Å². The average Bonchev–Trinajstić information content (AvgIpc) is 2.43. The molecule has 0 aromatic carbocycles. The van der Waals surface area contributed by atoms with Crippen molar-refractivity contribution in [1.29, 1.82) is 0 Å². The summed E-state index contributed by atoms with van der Waals surface area (Å²) in [6.07, 6.45) is 3.40. The summed E-state index contributed by atoms with van der Waals surface area (Å²) in [5.74, 6) is 0. The largest absolute Gasteiger partial charge is 0.362 e. The van der Waals surface area contributed by atoms with Crippen LogP contribution in [0.25, 0.3) is 0 Å². The van der Waals surface area contributed by atoms with Gasteiger partial charge in [0.15, 0.2) is 0 Å². The third kappa shape index (κ3) is 7.43.